The van der Waals surface area contributed by atoms with Gasteiger partial charge in [0.05, 0.1) is 12.5 Å². The molecule has 3 heteroatoms. The maximum atomic E-state index is 11.3. The first kappa shape index (κ1) is 8.10. The molecule has 1 aliphatic rings. The first-order valence-corrected chi connectivity index (χ1v) is 4.34. The number of hydrogen-bond donors (Lipinski definition) is 1. The third kappa shape index (κ3) is 1.80. The molecule has 0 bridgehead atoms. The lowest BCUT2D eigenvalue weighted by Gasteiger charge is -2.13. The molecule has 68 valence electrons. The Morgan fingerprint density at radius 3 is 3.00 bits per heavy atom. The highest BCUT2D eigenvalue weighted by Crippen LogP contribution is 2.17. The van der Waals surface area contributed by atoms with Crippen molar-refractivity contribution in [1.29, 1.82) is 0 Å². The quantitative estimate of drug-likeness (QED) is 0.762. The van der Waals surface area contributed by atoms with E-state index in [9.17, 15) is 4.79 Å². The monoisotopic (exact) mass is 177 g/mol. The van der Waals surface area contributed by atoms with Crippen molar-refractivity contribution in [1.82, 2.24) is 5.32 Å². The van der Waals surface area contributed by atoms with Gasteiger partial charge in [-0.05, 0) is 18.9 Å². The Hall–Kier alpha value is -1.51. The summed E-state index contributed by atoms with van der Waals surface area (Å²) in [4.78, 5) is 11.3. The van der Waals surface area contributed by atoms with Gasteiger partial charge in [-0.25, -0.2) is 0 Å². The maximum Gasteiger partial charge on any atom is 0.247 e. The predicted molar refractivity (Wildman–Crippen MR) is 47.9 cm³/mol. The van der Waals surface area contributed by atoms with Crippen LogP contribution in [0, 0.1) is 0 Å². The molecule has 0 radical (unpaired) electrons. The molecule has 1 aromatic heterocycles. The molecule has 1 amide bonds. The Morgan fingerprint density at radius 1 is 1.62 bits per heavy atom. The van der Waals surface area contributed by atoms with Crippen molar-refractivity contribution in [3.8, 4) is 0 Å². The molecule has 0 aromatic carbocycles. The molecule has 13 heavy (non-hydrogen) atoms. The van der Waals surface area contributed by atoms with Crippen LogP contribution in [0.25, 0.3) is 0 Å². The van der Waals surface area contributed by atoms with Crippen LogP contribution < -0.4 is 5.32 Å². The van der Waals surface area contributed by atoms with Crippen molar-refractivity contribution in [2.24, 2.45) is 0 Å². The fraction of sp³-hybridized carbons (Fsp3) is 0.300. The number of carbonyl (C=O) groups excluding carboxylic acids is 1. The molecular weight excluding hydrogens is 166 g/mol. The summed E-state index contributed by atoms with van der Waals surface area (Å²) in [6, 6.07) is 1.84. The van der Waals surface area contributed by atoms with Gasteiger partial charge in [-0.15, -0.1) is 0 Å². The Kier molecular flexibility index (Phi) is 2.17. The van der Waals surface area contributed by atoms with Gasteiger partial charge in [0.15, 0.2) is 0 Å². The first-order valence-electron chi connectivity index (χ1n) is 4.34. The van der Waals surface area contributed by atoms with E-state index in [0.29, 0.717) is 6.54 Å². The molecule has 3 nitrogen and oxygen atoms in total. The second-order valence-electron chi connectivity index (χ2n) is 3.08. The van der Waals surface area contributed by atoms with Gasteiger partial charge in [0.1, 0.15) is 0 Å². The molecule has 2 rings (SSSR count). The molecule has 0 atom stereocenters. The molecule has 0 unspecified atom stereocenters. The summed E-state index contributed by atoms with van der Waals surface area (Å²) in [6.07, 6.45) is 7.15. The minimum Gasteiger partial charge on any atom is -0.472 e. The van der Waals surface area contributed by atoms with Crippen molar-refractivity contribution in [3.63, 3.8) is 0 Å². The molecule has 0 spiro atoms. The zero-order valence-corrected chi connectivity index (χ0v) is 7.25. The van der Waals surface area contributed by atoms with Crippen LogP contribution >= 0.6 is 0 Å². The van der Waals surface area contributed by atoms with Crippen LogP contribution in [0.3, 0.4) is 0 Å². The summed E-state index contributed by atoms with van der Waals surface area (Å²) in [7, 11) is 0. The van der Waals surface area contributed by atoms with Gasteiger partial charge < -0.3 is 9.73 Å². The fourth-order valence-electron chi connectivity index (χ4n) is 1.18. The zero-order chi connectivity index (χ0) is 9.10. The number of nitrogens with one attached hydrogen (secondary N) is 1. The minimum atomic E-state index is 0.0486. The van der Waals surface area contributed by atoms with E-state index in [4.69, 9.17) is 4.42 Å². The third-order valence-corrected chi connectivity index (χ3v) is 2.13. The molecular formula is C10H11NO2. The first-order chi connectivity index (χ1) is 6.36. The number of hydrogen-bond acceptors (Lipinski definition) is 2. The average Bonchev–Trinajstić information content (AvgIpc) is 2.49. The van der Waals surface area contributed by atoms with Gasteiger partial charge in [-0.1, -0.05) is 6.08 Å². The van der Waals surface area contributed by atoms with E-state index in [-0.39, 0.29) is 5.91 Å². The van der Waals surface area contributed by atoms with Gasteiger partial charge in [-0.2, -0.15) is 0 Å². The Balaban J connectivity index is 1.82. The van der Waals surface area contributed by atoms with E-state index in [1.54, 1.807) is 12.5 Å². The van der Waals surface area contributed by atoms with Crippen LogP contribution in [-0.4, -0.2) is 5.91 Å². The van der Waals surface area contributed by atoms with Crippen LogP contribution in [0.5, 0.6) is 0 Å². The Bertz CT molecular complexity index is 325. The second-order valence-corrected chi connectivity index (χ2v) is 3.08. The molecule has 0 fully saturated rings. The topological polar surface area (TPSA) is 42.2 Å². The molecule has 0 saturated carbocycles. The summed E-state index contributed by atoms with van der Waals surface area (Å²) >= 11 is 0. The normalized spacial score (nSPS) is 14.6. The van der Waals surface area contributed by atoms with E-state index in [0.717, 1.165) is 24.0 Å². The van der Waals surface area contributed by atoms with Crippen LogP contribution in [-0.2, 0) is 11.3 Å². The van der Waals surface area contributed by atoms with E-state index in [2.05, 4.69) is 5.32 Å². The highest BCUT2D eigenvalue weighted by atomic mass is 16.3. The average molecular weight is 177 g/mol. The smallest absolute Gasteiger partial charge is 0.247 e. The minimum absolute atomic E-state index is 0.0486. The van der Waals surface area contributed by atoms with Crippen molar-refractivity contribution >= 4 is 5.91 Å². The van der Waals surface area contributed by atoms with E-state index < -0.39 is 0 Å². The summed E-state index contributed by atoms with van der Waals surface area (Å²) in [5, 5.41) is 2.82. The summed E-state index contributed by atoms with van der Waals surface area (Å²) in [5.74, 6) is 0.0486. The van der Waals surface area contributed by atoms with Crippen molar-refractivity contribution in [2.45, 2.75) is 19.4 Å². The number of carbonyl (C=O) groups is 1. The standard InChI is InChI=1S/C10H11NO2/c12-10(9-2-1-3-9)11-6-8-4-5-13-7-8/h2,4-5,7H,1,3,6H2,(H,11,12). The van der Waals surface area contributed by atoms with Gasteiger partial charge in [0.2, 0.25) is 5.91 Å². The number of amides is 1. The highest BCUT2D eigenvalue weighted by Gasteiger charge is 2.13. The molecule has 0 aliphatic heterocycles. The van der Waals surface area contributed by atoms with Gasteiger partial charge >= 0.3 is 0 Å². The van der Waals surface area contributed by atoms with Crippen LogP contribution in [0.4, 0.5) is 0 Å². The van der Waals surface area contributed by atoms with E-state index >= 15 is 0 Å². The van der Waals surface area contributed by atoms with Crippen LogP contribution in [0.2, 0.25) is 0 Å². The third-order valence-electron chi connectivity index (χ3n) is 2.13. The van der Waals surface area contributed by atoms with Crippen LogP contribution in [0.1, 0.15) is 18.4 Å². The lowest BCUT2D eigenvalue weighted by atomic mass is 9.98. The zero-order valence-electron chi connectivity index (χ0n) is 7.25. The number of furan rings is 1. The van der Waals surface area contributed by atoms with Gasteiger partial charge in [-0.3, -0.25) is 4.79 Å². The predicted octanol–water partition coefficient (Wildman–Crippen LogP) is 1.62. The molecule has 1 heterocycles. The summed E-state index contributed by atoms with van der Waals surface area (Å²) in [5.41, 5.74) is 1.90. The molecule has 1 N–H and O–H groups in total. The highest BCUT2D eigenvalue weighted by molar-refractivity contribution is 5.94. The SMILES string of the molecule is O=C(NCc1ccoc1)C1=CCC1. The van der Waals surface area contributed by atoms with Gasteiger partial charge in [0.25, 0.3) is 0 Å². The summed E-state index contributed by atoms with van der Waals surface area (Å²) in [6.45, 7) is 0.548. The van der Waals surface area contributed by atoms with E-state index in [1.807, 2.05) is 12.1 Å². The Labute approximate surface area is 76.4 Å². The van der Waals surface area contributed by atoms with E-state index in [1.165, 1.54) is 0 Å². The van der Waals surface area contributed by atoms with Crippen molar-refractivity contribution in [3.05, 3.63) is 35.8 Å². The molecule has 0 saturated heterocycles. The lowest BCUT2D eigenvalue weighted by Crippen LogP contribution is -2.26. The lowest BCUT2D eigenvalue weighted by molar-refractivity contribution is -0.118. The van der Waals surface area contributed by atoms with Crippen molar-refractivity contribution < 1.29 is 9.21 Å². The largest absolute Gasteiger partial charge is 0.472 e. The summed E-state index contributed by atoms with van der Waals surface area (Å²) < 4.78 is 4.88. The molecule has 1 aromatic rings. The Morgan fingerprint density at radius 2 is 2.46 bits per heavy atom. The van der Waals surface area contributed by atoms with Crippen molar-refractivity contribution in [2.75, 3.05) is 0 Å². The maximum absolute atomic E-state index is 11.3. The second kappa shape index (κ2) is 3.47. The van der Waals surface area contributed by atoms with Gasteiger partial charge in [0, 0.05) is 17.7 Å². The molecule has 1 aliphatic carbocycles. The number of allylic oxidation sites excluding steroid dienone is 1. The fourth-order valence-corrected chi connectivity index (χ4v) is 1.18. The number of rotatable bonds is 3. The van der Waals surface area contributed by atoms with Crippen LogP contribution in [0.15, 0.2) is 34.7 Å².